The molecule has 1 aliphatic heterocycles. The fourth-order valence-electron chi connectivity index (χ4n) is 2.07. The van der Waals surface area contributed by atoms with Crippen molar-refractivity contribution in [3.63, 3.8) is 0 Å². The number of nitrogens with zero attached hydrogens (tertiary/aromatic N) is 1. The molecule has 1 fully saturated rings. The highest BCUT2D eigenvalue weighted by molar-refractivity contribution is 7.89. The van der Waals surface area contributed by atoms with Crippen molar-refractivity contribution in [1.29, 1.82) is 0 Å². The Morgan fingerprint density at radius 3 is 2.84 bits per heavy atom. The number of nitrogens with one attached hydrogen (secondary N) is 1. The Morgan fingerprint density at radius 1 is 1.32 bits per heavy atom. The highest BCUT2D eigenvalue weighted by atomic mass is 32.2. The second-order valence-electron chi connectivity index (χ2n) is 4.38. The lowest BCUT2D eigenvalue weighted by Gasteiger charge is -2.24. The van der Waals surface area contributed by atoms with Crippen molar-refractivity contribution in [3.05, 3.63) is 18.2 Å². The van der Waals surface area contributed by atoms with Crippen LogP contribution in [0.15, 0.2) is 23.1 Å². The molecular weight excluding hydrogens is 266 g/mol. The summed E-state index contributed by atoms with van der Waals surface area (Å²) in [7, 11) is -2.05. The van der Waals surface area contributed by atoms with Gasteiger partial charge in [0, 0.05) is 19.7 Å². The summed E-state index contributed by atoms with van der Waals surface area (Å²) in [5, 5.41) is 0. The van der Waals surface area contributed by atoms with Crippen molar-refractivity contribution in [2.24, 2.45) is 0 Å². The molecule has 19 heavy (non-hydrogen) atoms. The van der Waals surface area contributed by atoms with Crippen LogP contribution in [0.2, 0.25) is 0 Å². The number of hydrogen-bond donors (Lipinski definition) is 2. The van der Waals surface area contributed by atoms with Gasteiger partial charge in [0.2, 0.25) is 10.0 Å². The van der Waals surface area contributed by atoms with E-state index in [1.54, 1.807) is 12.1 Å². The Kier molecular flexibility index (Phi) is 4.28. The van der Waals surface area contributed by atoms with Gasteiger partial charge in [0.05, 0.1) is 22.9 Å². The first-order valence-electron chi connectivity index (χ1n) is 6.20. The zero-order chi connectivity index (χ0) is 13.9. The van der Waals surface area contributed by atoms with E-state index in [4.69, 9.17) is 10.5 Å². The zero-order valence-electron chi connectivity index (χ0n) is 10.9. The maximum absolute atomic E-state index is 11.8. The molecule has 0 aromatic heterocycles. The minimum absolute atomic E-state index is 0.226. The van der Waals surface area contributed by atoms with Gasteiger partial charge in [-0.25, -0.2) is 13.1 Å². The molecule has 1 aromatic rings. The number of benzene rings is 1. The Bertz CT molecular complexity index is 537. The summed E-state index contributed by atoms with van der Waals surface area (Å²) in [6.07, 6.45) is 0.905. The smallest absolute Gasteiger partial charge is 0.240 e. The van der Waals surface area contributed by atoms with Gasteiger partial charge >= 0.3 is 0 Å². The number of nitrogens with two attached hydrogens (primary N) is 1. The highest BCUT2D eigenvalue weighted by Gasteiger charge is 2.17. The Morgan fingerprint density at radius 2 is 2.11 bits per heavy atom. The molecule has 1 saturated heterocycles. The van der Waals surface area contributed by atoms with Crippen LogP contribution < -0.4 is 15.4 Å². The number of anilines is 2. The third-order valence-electron chi connectivity index (χ3n) is 3.14. The lowest BCUT2D eigenvalue weighted by atomic mass is 10.2. The van der Waals surface area contributed by atoms with Crippen LogP contribution in [0.3, 0.4) is 0 Å². The molecule has 6 nitrogen and oxygen atoms in total. The van der Waals surface area contributed by atoms with E-state index in [2.05, 4.69) is 9.62 Å². The number of rotatable bonds is 3. The van der Waals surface area contributed by atoms with E-state index < -0.39 is 10.0 Å². The van der Waals surface area contributed by atoms with Crippen molar-refractivity contribution in [3.8, 4) is 0 Å². The third-order valence-corrected chi connectivity index (χ3v) is 4.56. The minimum Gasteiger partial charge on any atom is -0.397 e. The molecule has 0 amide bonds. The summed E-state index contributed by atoms with van der Waals surface area (Å²) < 4.78 is 31.3. The van der Waals surface area contributed by atoms with Gasteiger partial charge in [-0.3, -0.25) is 0 Å². The van der Waals surface area contributed by atoms with Crippen LogP contribution in [-0.2, 0) is 14.8 Å². The first kappa shape index (κ1) is 14.1. The predicted octanol–water partition coefficient (Wildman–Crippen LogP) is 0.404. The third kappa shape index (κ3) is 3.17. The monoisotopic (exact) mass is 285 g/mol. The van der Waals surface area contributed by atoms with E-state index in [1.165, 1.54) is 13.1 Å². The number of nitrogen functional groups attached to an aromatic ring is 1. The van der Waals surface area contributed by atoms with Gasteiger partial charge in [-0.2, -0.15) is 0 Å². The van der Waals surface area contributed by atoms with Crippen molar-refractivity contribution in [2.75, 3.05) is 44.0 Å². The van der Waals surface area contributed by atoms with E-state index >= 15 is 0 Å². The van der Waals surface area contributed by atoms with Crippen LogP contribution in [-0.4, -0.2) is 41.8 Å². The predicted molar refractivity (Wildman–Crippen MR) is 74.7 cm³/mol. The molecule has 1 aromatic carbocycles. The van der Waals surface area contributed by atoms with Gasteiger partial charge in [-0.15, -0.1) is 0 Å². The summed E-state index contributed by atoms with van der Waals surface area (Å²) in [6.45, 7) is 2.88. The van der Waals surface area contributed by atoms with Gasteiger partial charge < -0.3 is 15.4 Å². The summed E-state index contributed by atoms with van der Waals surface area (Å²) in [6, 6.07) is 4.76. The van der Waals surface area contributed by atoms with Crippen LogP contribution >= 0.6 is 0 Å². The molecular formula is C12H19N3O3S. The molecule has 0 bridgehead atoms. The fraction of sp³-hybridized carbons (Fsp3) is 0.500. The van der Waals surface area contributed by atoms with Gasteiger partial charge in [-0.05, 0) is 31.7 Å². The maximum Gasteiger partial charge on any atom is 0.240 e. The maximum atomic E-state index is 11.8. The molecule has 0 saturated carbocycles. The summed E-state index contributed by atoms with van der Waals surface area (Å²) in [5.74, 6) is 0. The Balaban J connectivity index is 2.36. The van der Waals surface area contributed by atoms with Crippen molar-refractivity contribution in [1.82, 2.24) is 4.72 Å². The first-order chi connectivity index (χ1) is 9.04. The molecule has 2 rings (SSSR count). The quantitative estimate of drug-likeness (QED) is 0.786. The molecule has 106 valence electrons. The van der Waals surface area contributed by atoms with Crippen molar-refractivity contribution < 1.29 is 13.2 Å². The topological polar surface area (TPSA) is 84.7 Å². The molecule has 0 atom stereocenters. The van der Waals surface area contributed by atoms with Crippen LogP contribution in [0.25, 0.3) is 0 Å². The van der Waals surface area contributed by atoms with Crippen LogP contribution in [0, 0.1) is 0 Å². The molecule has 0 spiro atoms. The normalized spacial score (nSPS) is 17.2. The molecule has 0 aliphatic carbocycles. The van der Waals surface area contributed by atoms with Crippen LogP contribution in [0.4, 0.5) is 11.4 Å². The summed E-state index contributed by atoms with van der Waals surface area (Å²) in [4.78, 5) is 2.29. The molecule has 3 N–H and O–H groups in total. The van der Waals surface area contributed by atoms with E-state index in [1.807, 2.05) is 0 Å². The largest absolute Gasteiger partial charge is 0.397 e. The van der Waals surface area contributed by atoms with E-state index in [-0.39, 0.29) is 4.90 Å². The van der Waals surface area contributed by atoms with Gasteiger partial charge in [0.25, 0.3) is 0 Å². The average molecular weight is 285 g/mol. The van der Waals surface area contributed by atoms with E-state index in [0.717, 1.165) is 25.3 Å². The lowest BCUT2D eigenvalue weighted by Crippen LogP contribution is -2.27. The number of ether oxygens (including phenoxy) is 1. The standard InChI is InChI=1S/C12H19N3O3S/c1-14-19(16,17)10-3-4-11(13)12(9-10)15-5-2-7-18-8-6-15/h3-4,9,14H,2,5-8,13H2,1H3. The second-order valence-corrected chi connectivity index (χ2v) is 6.27. The molecule has 0 radical (unpaired) electrons. The zero-order valence-corrected chi connectivity index (χ0v) is 11.7. The SMILES string of the molecule is CNS(=O)(=O)c1ccc(N)c(N2CCCOCC2)c1. The lowest BCUT2D eigenvalue weighted by molar-refractivity contribution is 0.152. The van der Waals surface area contributed by atoms with Crippen molar-refractivity contribution in [2.45, 2.75) is 11.3 Å². The Labute approximate surface area is 113 Å². The summed E-state index contributed by atoms with van der Waals surface area (Å²) >= 11 is 0. The number of hydrogen-bond acceptors (Lipinski definition) is 5. The van der Waals surface area contributed by atoms with Gasteiger partial charge in [0.15, 0.2) is 0 Å². The molecule has 0 unspecified atom stereocenters. The van der Waals surface area contributed by atoms with Gasteiger partial charge in [0.1, 0.15) is 0 Å². The minimum atomic E-state index is -3.45. The summed E-state index contributed by atoms with van der Waals surface area (Å²) in [5.41, 5.74) is 7.29. The van der Waals surface area contributed by atoms with Crippen LogP contribution in [0.1, 0.15) is 6.42 Å². The first-order valence-corrected chi connectivity index (χ1v) is 7.68. The molecule has 1 aliphatic rings. The molecule has 1 heterocycles. The fourth-order valence-corrected chi connectivity index (χ4v) is 2.82. The Hall–Kier alpha value is -1.31. The van der Waals surface area contributed by atoms with Gasteiger partial charge in [-0.1, -0.05) is 0 Å². The van der Waals surface area contributed by atoms with E-state index in [0.29, 0.717) is 18.8 Å². The number of sulfonamides is 1. The highest BCUT2D eigenvalue weighted by Crippen LogP contribution is 2.27. The second kappa shape index (κ2) is 5.77. The molecule has 7 heteroatoms. The average Bonchev–Trinajstić information content (AvgIpc) is 2.68. The van der Waals surface area contributed by atoms with Crippen LogP contribution in [0.5, 0.6) is 0 Å². The van der Waals surface area contributed by atoms with E-state index in [9.17, 15) is 8.42 Å². The van der Waals surface area contributed by atoms with Crippen molar-refractivity contribution >= 4 is 21.4 Å².